The molecule has 0 aliphatic rings. The largest absolute Gasteiger partial charge is 0.360 e. The molecule has 0 amide bonds. The van der Waals surface area contributed by atoms with Gasteiger partial charge >= 0.3 is 0 Å². The predicted octanol–water partition coefficient (Wildman–Crippen LogP) is 4.39. The summed E-state index contributed by atoms with van der Waals surface area (Å²) in [5, 5.41) is 13.7. The molecule has 0 bridgehead atoms. The van der Waals surface area contributed by atoms with Gasteiger partial charge in [0.2, 0.25) is 0 Å². The first-order valence-corrected chi connectivity index (χ1v) is 11.3. The second kappa shape index (κ2) is 7.10. The number of hydrogen-bond donors (Lipinski definition) is 0. The number of aromatic nitrogens is 2. The van der Waals surface area contributed by atoms with Crippen molar-refractivity contribution in [3.05, 3.63) is 41.2 Å². The predicted molar refractivity (Wildman–Crippen MR) is 91.5 cm³/mol. The number of benzene rings is 1. The zero-order valence-corrected chi connectivity index (χ0v) is 14.9. The minimum Gasteiger partial charge on any atom is -0.360 e. The first kappa shape index (κ1) is 16.8. The van der Waals surface area contributed by atoms with E-state index in [1.807, 2.05) is 12.3 Å². The third-order valence-corrected chi connectivity index (χ3v) is 5.28. The van der Waals surface area contributed by atoms with E-state index in [0.717, 1.165) is 23.8 Å². The summed E-state index contributed by atoms with van der Waals surface area (Å²) < 4.78 is 7.43. The molecule has 4 nitrogen and oxygen atoms in total. The van der Waals surface area contributed by atoms with E-state index in [-0.39, 0.29) is 0 Å². The summed E-state index contributed by atoms with van der Waals surface area (Å²) in [4.78, 5) is 0. The normalized spacial score (nSPS) is 11.4. The van der Waals surface area contributed by atoms with E-state index in [9.17, 15) is 0 Å². The highest BCUT2D eigenvalue weighted by Gasteiger charge is 2.12. The van der Waals surface area contributed by atoms with Crippen LogP contribution < -0.4 is 0 Å². The molecule has 0 N–H and O–H groups in total. The third-order valence-electron chi connectivity index (χ3n) is 3.26. The lowest BCUT2D eigenvalue weighted by atomic mass is 10.1. The van der Waals surface area contributed by atoms with Gasteiger partial charge in [-0.25, -0.2) is 4.68 Å². The fourth-order valence-electron chi connectivity index (χ4n) is 1.93. The minimum absolute atomic E-state index is 0.443. The number of nitriles is 1. The summed E-state index contributed by atoms with van der Waals surface area (Å²) in [5.41, 5.74) is 2.34. The maximum absolute atomic E-state index is 8.87. The van der Waals surface area contributed by atoms with E-state index in [1.165, 1.54) is 0 Å². The Kier molecular flexibility index (Phi) is 5.41. The van der Waals surface area contributed by atoms with Crippen molar-refractivity contribution in [3.8, 4) is 17.2 Å². The van der Waals surface area contributed by atoms with Crippen LogP contribution in [-0.2, 0) is 11.5 Å². The van der Waals surface area contributed by atoms with Crippen LogP contribution in [0.3, 0.4) is 0 Å². The van der Waals surface area contributed by atoms with Crippen molar-refractivity contribution in [2.75, 3.05) is 6.61 Å². The van der Waals surface area contributed by atoms with E-state index < -0.39 is 8.07 Å². The zero-order valence-electron chi connectivity index (χ0n) is 13.1. The number of rotatable bonds is 6. The molecule has 22 heavy (non-hydrogen) atoms. The minimum atomic E-state index is -1.06. The molecule has 0 fully saturated rings. The van der Waals surface area contributed by atoms with Crippen molar-refractivity contribution < 1.29 is 4.74 Å². The quantitative estimate of drug-likeness (QED) is 0.582. The van der Waals surface area contributed by atoms with Gasteiger partial charge in [-0.15, -0.1) is 0 Å². The summed E-state index contributed by atoms with van der Waals surface area (Å²) >= 11 is 6.21. The van der Waals surface area contributed by atoms with Gasteiger partial charge in [0.05, 0.1) is 17.8 Å². The Morgan fingerprint density at radius 1 is 1.36 bits per heavy atom. The molecule has 1 aromatic carbocycles. The highest BCUT2D eigenvalue weighted by molar-refractivity contribution is 6.76. The van der Waals surface area contributed by atoms with E-state index in [4.69, 9.17) is 21.6 Å². The van der Waals surface area contributed by atoms with Crippen molar-refractivity contribution in [2.24, 2.45) is 0 Å². The van der Waals surface area contributed by atoms with Crippen LogP contribution in [0.2, 0.25) is 30.7 Å². The lowest BCUT2D eigenvalue weighted by Gasteiger charge is -2.15. The molecule has 0 atom stereocenters. The van der Waals surface area contributed by atoms with Gasteiger partial charge in [-0.3, -0.25) is 0 Å². The smallest absolute Gasteiger partial charge is 0.139 e. The first-order valence-electron chi connectivity index (χ1n) is 7.19. The van der Waals surface area contributed by atoms with E-state index in [0.29, 0.717) is 17.3 Å². The van der Waals surface area contributed by atoms with E-state index >= 15 is 0 Å². The van der Waals surface area contributed by atoms with Crippen LogP contribution in [0.1, 0.15) is 5.56 Å². The molecule has 2 rings (SSSR count). The molecule has 0 saturated carbocycles. The monoisotopic (exact) mass is 333 g/mol. The van der Waals surface area contributed by atoms with Crippen LogP contribution in [0.4, 0.5) is 0 Å². The topological polar surface area (TPSA) is 50.8 Å². The number of ether oxygens (including phenoxy) is 1. The van der Waals surface area contributed by atoms with Crippen LogP contribution in [0.25, 0.3) is 11.1 Å². The SMILES string of the molecule is C[Si](C)(C)CCOCn1cc(-c2ccc(C#N)cc2Cl)cn1. The summed E-state index contributed by atoms with van der Waals surface area (Å²) in [5.74, 6) is 0. The molecule has 1 heterocycles. The average Bonchev–Trinajstić information content (AvgIpc) is 2.91. The van der Waals surface area contributed by atoms with Gasteiger partial charge in [0.1, 0.15) is 6.73 Å². The van der Waals surface area contributed by atoms with Gasteiger partial charge < -0.3 is 4.74 Å². The molecular formula is C16H20ClN3OSi. The fraction of sp³-hybridized carbons (Fsp3) is 0.375. The molecule has 6 heteroatoms. The van der Waals surface area contributed by atoms with Crippen LogP contribution in [0.5, 0.6) is 0 Å². The molecule has 2 aromatic rings. The lowest BCUT2D eigenvalue weighted by molar-refractivity contribution is 0.0786. The Hall–Kier alpha value is -1.61. The van der Waals surface area contributed by atoms with Gasteiger partial charge in [0, 0.05) is 37.0 Å². The lowest BCUT2D eigenvalue weighted by Crippen LogP contribution is -2.22. The van der Waals surface area contributed by atoms with Gasteiger partial charge in [-0.05, 0) is 18.2 Å². The Morgan fingerprint density at radius 3 is 2.77 bits per heavy atom. The fourth-order valence-corrected chi connectivity index (χ4v) is 2.97. The molecule has 0 saturated heterocycles. The molecule has 0 aliphatic heterocycles. The van der Waals surface area contributed by atoms with Crippen molar-refractivity contribution in [1.82, 2.24) is 9.78 Å². The summed E-state index contributed by atoms with van der Waals surface area (Å²) in [6.07, 6.45) is 3.66. The highest BCUT2D eigenvalue weighted by atomic mass is 35.5. The Morgan fingerprint density at radius 2 is 2.14 bits per heavy atom. The Bertz CT molecular complexity index is 685. The molecule has 116 valence electrons. The van der Waals surface area contributed by atoms with Crippen LogP contribution >= 0.6 is 11.6 Å². The van der Waals surface area contributed by atoms with Crippen LogP contribution in [0, 0.1) is 11.3 Å². The summed E-state index contributed by atoms with van der Waals surface area (Å²) in [6.45, 7) is 8.20. The van der Waals surface area contributed by atoms with Crippen molar-refractivity contribution >= 4 is 19.7 Å². The number of nitrogens with zero attached hydrogens (tertiary/aromatic N) is 3. The molecule has 0 aliphatic carbocycles. The molecule has 1 aromatic heterocycles. The first-order chi connectivity index (χ1) is 10.4. The molecule has 0 spiro atoms. The van der Waals surface area contributed by atoms with Crippen molar-refractivity contribution in [2.45, 2.75) is 32.4 Å². The third kappa shape index (κ3) is 4.70. The summed E-state index contributed by atoms with van der Waals surface area (Å²) in [6, 6.07) is 8.48. The zero-order chi connectivity index (χ0) is 16.2. The maximum Gasteiger partial charge on any atom is 0.139 e. The van der Waals surface area contributed by atoms with Crippen molar-refractivity contribution in [3.63, 3.8) is 0 Å². The highest BCUT2D eigenvalue weighted by Crippen LogP contribution is 2.28. The maximum atomic E-state index is 8.87. The Balaban J connectivity index is 1.98. The van der Waals surface area contributed by atoms with Crippen LogP contribution in [0.15, 0.2) is 30.6 Å². The van der Waals surface area contributed by atoms with E-state index in [1.54, 1.807) is 23.0 Å². The number of halogens is 1. The molecule has 0 unspecified atom stereocenters. The van der Waals surface area contributed by atoms with Gasteiger partial charge in [0.25, 0.3) is 0 Å². The van der Waals surface area contributed by atoms with Gasteiger partial charge in [0.15, 0.2) is 0 Å². The molecular weight excluding hydrogens is 314 g/mol. The standard InChI is InChI=1S/C16H20ClN3OSi/c1-22(2,3)7-6-21-12-20-11-14(10-19-20)15-5-4-13(9-18)8-16(15)17/h4-5,8,10-11H,6-7,12H2,1-3H3. The Labute approximate surface area is 137 Å². The summed E-state index contributed by atoms with van der Waals surface area (Å²) in [7, 11) is -1.06. The second-order valence-corrected chi connectivity index (χ2v) is 12.5. The van der Waals surface area contributed by atoms with Gasteiger partial charge in [-0.2, -0.15) is 10.4 Å². The number of hydrogen-bond acceptors (Lipinski definition) is 3. The van der Waals surface area contributed by atoms with E-state index in [2.05, 4.69) is 30.8 Å². The van der Waals surface area contributed by atoms with Gasteiger partial charge in [-0.1, -0.05) is 37.3 Å². The van der Waals surface area contributed by atoms with Crippen LogP contribution in [-0.4, -0.2) is 24.5 Å². The van der Waals surface area contributed by atoms with Crippen molar-refractivity contribution in [1.29, 1.82) is 5.26 Å². The molecule has 0 radical (unpaired) electrons. The average molecular weight is 334 g/mol. The second-order valence-electron chi connectivity index (χ2n) is 6.42.